The van der Waals surface area contributed by atoms with E-state index in [4.69, 9.17) is 4.74 Å². The van der Waals surface area contributed by atoms with E-state index in [-0.39, 0.29) is 0 Å². The first-order chi connectivity index (χ1) is 9.08. The Labute approximate surface area is 118 Å². The Kier molecular flexibility index (Phi) is 6.89. The smallest absolute Gasteiger partial charge is 0.0637 e. The number of ether oxygens (including phenoxy) is 1. The quantitative estimate of drug-likeness (QED) is 0.781. The van der Waals surface area contributed by atoms with Crippen molar-refractivity contribution in [1.29, 1.82) is 0 Å². The Bertz CT molecular complexity index is 377. The lowest BCUT2D eigenvalue weighted by Gasteiger charge is -2.28. The third-order valence-electron chi connectivity index (χ3n) is 3.13. The summed E-state index contributed by atoms with van der Waals surface area (Å²) >= 11 is 0. The van der Waals surface area contributed by atoms with Gasteiger partial charge in [-0.3, -0.25) is 0 Å². The zero-order chi connectivity index (χ0) is 14.3. The van der Waals surface area contributed by atoms with Crippen LogP contribution in [0.15, 0.2) is 18.2 Å². The molecule has 1 aromatic rings. The Hall–Kier alpha value is -1.06. The highest BCUT2D eigenvalue weighted by atomic mass is 16.5. The van der Waals surface area contributed by atoms with Gasteiger partial charge in [-0.1, -0.05) is 26.0 Å². The molecule has 0 bridgehead atoms. The molecule has 1 N–H and O–H groups in total. The van der Waals surface area contributed by atoms with Gasteiger partial charge in [-0.2, -0.15) is 0 Å². The molecule has 3 nitrogen and oxygen atoms in total. The number of methoxy groups -OCH3 is 1. The summed E-state index contributed by atoms with van der Waals surface area (Å²) in [7, 11) is 3.74. The summed E-state index contributed by atoms with van der Waals surface area (Å²) < 4.78 is 5.23. The Morgan fingerprint density at radius 1 is 1.32 bits per heavy atom. The van der Waals surface area contributed by atoms with E-state index in [1.165, 1.54) is 16.8 Å². The number of hydrogen-bond acceptors (Lipinski definition) is 3. The molecular weight excluding hydrogens is 236 g/mol. The molecule has 0 fully saturated rings. The summed E-state index contributed by atoms with van der Waals surface area (Å²) in [6.07, 6.45) is 0. The lowest BCUT2D eigenvalue weighted by Crippen LogP contribution is -2.31. The predicted octanol–water partition coefficient (Wildman–Crippen LogP) is 2.82. The highest BCUT2D eigenvalue weighted by Crippen LogP contribution is 2.22. The largest absolute Gasteiger partial charge is 0.383 e. The Morgan fingerprint density at radius 2 is 2.05 bits per heavy atom. The molecule has 0 radical (unpaired) electrons. The number of nitrogens with one attached hydrogen (secondary N) is 1. The monoisotopic (exact) mass is 264 g/mol. The minimum absolute atomic E-state index is 0.647. The van der Waals surface area contributed by atoms with Gasteiger partial charge >= 0.3 is 0 Å². The van der Waals surface area contributed by atoms with E-state index < -0.39 is 0 Å². The van der Waals surface area contributed by atoms with Crippen LogP contribution in [0.3, 0.4) is 0 Å². The molecule has 19 heavy (non-hydrogen) atoms. The van der Waals surface area contributed by atoms with Crippen molar-refractivity contribution >= 4 is 5.69 Å². The number of rotatable bonds is 8. The number of hydrogen-bond donors (Lipinski definition) is 1. The van der Waals surface area contributed by atoms with Crippen LogP contribution in [0.2, 0.25) is 0 Å². The molecule has 0 unspecified atom stereocenters. The van der Waals surface area contributed by atoms with E-state index in [1.807, 2.05) is 7.05 Å². The summed E-state index contributed by atoms with van der Waals surface area (Å²) in [5.41, 5.74) is 4.00. The van der Waals surface area contributed by atoms with Gasteiger partial charge in [-0.25, -0.2) is 0 Å². The molecule has 1 rings (SSSR count). The fourth-order valence-corrected chi connectivity index (χ4v) is 2.34. The minimum Gasteiger partial charge on any atom is -0.383 e. The molecule has 0 saturated heterocycles. The summed E-state index contributed by atoms with van der Waals surface area (Å²) in [5, 5.41) is 3.19. The highest BCUT2D eigenvalue weighted by Gasteiger charge is 2.11. The minimum atomic E-state index is 0.647. The lowest BCUT2D eigenvalue weighted by molar-refractivity contribution is 0.204. The standard InChI is InChI=1S/C16H28N2O/c1-13(2)12-18(8-9-19-5)16-7-6-15(11-17-4)10-14(16)3/h6-7,10,13,17H,8-9,11-12H2,1-5H3. The van der Waals surface area contributed by atoms with E-state index in [0.29, 0.717) is 5.92 Å². The maximum Gasteiger partial charge on any atom is 0.0637 e. The normalized spacial score (nSPS) is 11.1. The molecule has 0 saturated carbocycles. The molecule has 0 spiro atoms. The van der Waals surface area contributed by atoms with Gasteiger partial charge < -0.3 is 15.0 Å². The van der Waals surface area contributed by atoms with Gasteiger partial charge in [0.25, 0.3) is 0 Å². The number of nitrogens with zero attached hydrogens (tertiary/aromatic N) is 1. The van der Waals surface area contributed by atoms with Crippen molar-refractivity contribution in [2.45, 2.75) is 27.3 Å². The van der Waals surface area contributed by atoms with Crippen molar-refractivity contribution in [2.24, 2.45) is 5.92 Å². The average molecular weight is 264 g/mol. The number of anilines is 1. The molecular formula is C16H28N2O. The molecule has 108 valence electrons. The van der Waals surface area contributed by atoms with E-state index in [1.54, 1.807) is 7.11 Å². The van der Waals surface area contributed by atoms with Gasteiger partial charge in [0.1, 0.15) is 0 Å². The van der Waals surface area contributed by atoms with Gasteiger partial charge in [-0.05, 0) is 37.1 Å². The van der Waals surface area contributed by atoms with Crippen LogP contribution in [0.5, 0.6) is 0 Å². The SMILES string of the molecule is CNCc1ccc(N(CCOC)CC(C)C)c(C)c1. The number of aryl methyl sites for hydroxylation is 1. The summed E-state index contributed by atoms with van der Waals surface area (Å²) in [6, 6.07) is 6.71. The lowest BCUT2D eigenvalue weighted by atomic mass is 10.1. The maximum atomic E-state index is 5.23. The molecule has 0 aliphatic heterocycles. The Balaban J connectivity index is 2.87. The van der Waals surface area contributed by atoms with Crippen LogP contribution in [-0.4, -0.2) is 33.9 Å². The van der Waals surface area contributed by atoms with Crippen LogP contribution in [0.25, 0.3) is 0 Å². The van der Waals surface area contributed by atoms with Crippen molar-refractivity contribution in [2.75, 3.05) is 38.8 Å². The Morgan fingerprint density at radius 3 is 2.58 bits per heavy atom. The van der Waals surface area contributed by atoms with Crippen molar-refractivity contribution in [1.82, 2.24) is 5.32 Å². The van der Waals surface area contributed by atoms with Crippen LogP contribution in [0, 0.1) is 12.8 Å². The average Bonchev–Trinajstić information content (AvgIpc) is 2.35. The second-order valence-corrected chi connectivity index (χ2v) is 5.48. The van der Waals surface area contributed by atoms with Crippen molar-refractivity contribution in [3.63, 3.8) is 0 Å². The van der Waals surface area contributed by atoms with Crippen LogP contribution >= 0.6 is 0 Å². The fraction of sp³-hybridized carbons (Fsp3) is 0.625. The topological polar surface area (TPSA) is 24.5 Å². The van der Waals surface area contributed by atoms with Crippen LogP contribution in [0.1, 0.15) is 25.0 Å². The molecule has 1 aromatic carbocycles. The molecule has 0 amide bonds. The summed E-state index contributed by atoms with van der Waals surface area (Å²) in [5.74, 6) is 0.647. The van der Waals surface area contributed by atoms with Gasteiger partial charge in [0.15, 0.2) is 0 Å². The fourth-order valence-electron chi connectivity index (χ4n) is 2.34. The van der Waals surface area contributed by atoms with Gasteiger partial charge in [0.2, 0.25) is 0 Å². The van der Waals surface area contributed by atoms with Crippen molar-refractivity contribution in [3.05, 3.63) is 29.3 Å². The third-order valence-corrected chi connectivity index (χ3v) is 3.13. The zero-order valence-electron chi connectivity index (χ0n) is 13.0. The van der Waals surface area contributed by atoms with Gasteiger partial charge in [0.05, 0.1) is 6.61 Å². The van der Waals surface area contributed by atoms with Gasteiger partial charge in [-0.15, -0.1) is 0 Å². The van der Waals surface area contributed by atoms with Crippen LogP contribution in [0.4, 0.5) is 5.69 Å². The number of benzene rings is 1. The molecule has 0 heterocycles. The van der Waals surface area contributed by atoms with E-state index in [0.717, 1.165) is 26.2 Å². The van der Waals surface area contributed by atoms with Crippen molar-refractivity contribution < 1.29 is 4.74 Å². The maximum absolute atomic E-state index is 5.23. The van der Waals surface area contributed by atoms with Crippen molar-refractivity contribution in [3.8, 4) is 0 Å². The predicted molar refractivity (Wildman–Crippen MR) is 82.9 cm³/mol. The molecule has 0 aromatic heterocycles. The third kappa shape index (κ3) is 5.21. The molecule has 3 heteroatoms. The van der Waals surface area contributed by atoms with E-state index in [9.17, 15) is 0 Å². The van der Waals surface area contributed by atoms with Crippen LogP contribution < -0.4 is 10.2 Å². The first-order valence-corrected chi connectivity index (χ1v) is 7.06. The van der Waals surface area contributed by atoms with Gasteiger partial charge in [0, 0.05) is 32.4 Å². The van der Waals surface area contributed by atoms with E-state index in [2.05, 4.69) is 49.2 Å². The highest BCUT2D eigenvalue weighted by molar-refractivity contribution is 5.54. The molecule has 0 aliphatic carbocycles. The summed E-state index contributed by atoms with van der Waals surface area (Å²) in [6.45, 7) is 10.4. The zero-order valence-corrected chi connectivity index (χ0v) is 13.0. The summed E-state index contributed by atoms with van der Waals surface area (Å²) in [4.78, 5) is 2.42. The van der Waals surface area contributed by atoms with E-state index >= 15 is 0 Å². The molecule has 0 atom stereocenters. The second-order valence-electron chi connectivity index (χ2n) is 5.48. The van der Waals surface area contributed by atoms with Crippen LogP contribution in [-0.2, 0) is 11.3 Å². The molecule has 0 aliphatic rings. The second kappa shape index (κ2) is 8.18. The first-order valence-electron chi connectivity index (χ1n) is 7.06. The first kappa shape index (κ1) is 16.0.